The van der Waals surface area contributed by atoms with Gasteiger partial charge in [-0.15, -0.1) is 0 Å². The van der Waals surface area contributed by atoms with Gasteiger partial charge in [-0.25, -0.2) is 13.2 Å². The third-order valence-corrected chi connectivity index (χ3v) is 6.50. The van der Waals surface area contributed by atoms with Gasteiger partial charge in [-0.2, -0.15) is 0 Å². The molecule has 1 atom stereocenters. The minimum Gasteiger partial charge on any atom is -0.466 e. The van der Waals surface area contributed by atoms with Crippen molar-refractivity contribution in [1.82, 2.24) is 10.2 Å². The minimum absolute atomic E-state index is 0.179. The van der Waals surface area contributed by atoms with Crippen LogP contribution in [0.2, 0.25) is 0 Å². The average molecular weight is 432 g/mol. The number of sulfonamides is 1. The fourth-order valence-corrected chi connectivity index (χ4v) is 4.35. The van der Waals surface area contributed by atoms with Gasteiger partial charge in [0.05, 0.1) is 23.6 Å². The predicted octanol–water partition coefficient (Wildman–Crippen LogP) is 2.80. The van der Waals surface area contributed by atoms with Crippen LogP contribution in [-0.2, 0) is 19.6 Å². The summed E-state index contributed by atoms with van der Waals surface area (Å²) in [5.41, 5.74) is 2.30. The SMILES string of the molecule is COC(=O)C1=C(C)N(C)C(=S)NC1c1ccc(NS(=O)(=O)c2ccccc2)cc1. The number of anilines is 1. The van der Waals surface area contributed by atoms with Crippen LogP contribution in [0.25, 0.3) is 0 Å². The number of rotatable bonds is 5. The maximum atomic E-state index is 12.5. The maximum Gasteiger partial charge on any atom is 0.337 e. The van der Waals surface area contributed by atoms with Gasteiger partial charge in [0.15, 0.2) is 5.11 Å². The Morgan fingerprint density at radius 1 is 1.14 bits per heavy atom. The molecule has 1 aliphatic heterocycles. The second kappa shape index (κ2) is 8.22. The van der Waals surface area contributed by atoms with Gasteiger partial charge in [0.2, 0.25) is 0 Å². The summed E-state index contributed by atoms with van der Waals surface area (Å²) in [6.07, 6.45) is 0. The van der Waals surface area contributed by atoms with Gasteiger partial charge in [-0.05, 0) is 49.0 Å². The highest BCUT2D eigenvalue weighted by molar-refractivity contribution is 7.92. The van der Waals surface area contributed by atoms with Crippen molar-refractivity contribution < 1.29 is 17.9 Å². The Labute approximate surface area is 175 Å². The van der Waals surface area contributed by atoms with Crippen molar-refractivity contribution in [1.29, 1.82) is 0 Å². The normalized spacial score (nSPS) is 17.0. The third-order valence-electron chi connectivity index (χ3n) is 4.71. The number of carbonyl (C=O) groups is 1. The molecule has 9 heteroatoms. The first-order valence-corrected chi connectivity index (χ1v) is 10.6. The third kappa shape index (κ3) is 4.25. The first kappa shape index (κ1) is 20.8. The number of carbonyl (C=O) groups excluding carboxylic acids is 1. The highest BCUT2D eigenvalue weighted by Crippen LogP contribution is 2.31. The van der Waals surface area contributed by atoms with Crippen molar-refractivity contribution in [3.63, 3.8) is 0 Å². The Morgan fingerprint density at radius 2 is 1.76 bits per heavy atom. The monoisotopic (exact) mass is 431 g/mol. The lowest BCUT2D eigenvalue weighted by molar-refractivity contribution is -0.136. The van der Waals surface area contributed by atoms with Crippen LogP contribution in [0.1, 0.15) is 18.5 Å². The van der Waals surface area contributed by atoms with Gasteiger partial charge in [-0.1, -0.05) is 30.3 Å². The van der Waals surface area contributed by atoms with Crippen molar-refractivity contribution in [2.24, 2.45) is 0 Å². The summed E-state index contributed by atoms with van der Waals surface area (Å²) in [4.78, 5) is 14.2. The summed E-state index contributed by atoms with van der Waals surface area (Å²) in [7, 11) is -0.584. The molecule has 1 aliphatic rings. The number of methoxy groups -OCH3 is 1. The topological polar surface area (TPSA) is 87.7 Å². The van der Waals surface area contributed by atoms with Crippen molar-refractivity contribution in [2.75, 3.05) is 18.9 Å². The fraction of sp³-hybridized carbons (Fsp3) is 0.200. The molecule has 1 unspecified atom stereocenters. The zero-order valence-corrected chi connectivity index (χ0v) is 17.8. The molecular weight excluding hydrogens is 410 g/mol. The molecule has 0 spiro atoms. The molecule has 0 saturated carbocycles. The smallest absolute Gasteiger partial charge is 0.337 e. The van der Waals surface area contributed by atoms with E-state index in [4.69, 9.17) is 17.0 Å². The van der Waals surface area contributed by atoms with E-state index in [1.807, 2.05) is 0 Å². The van der Waals surface area contributed by atoms with Crippen LogP contribution in [0.4, 0.5) is 5.69 Å². The molecule has 0 fully saturated rings. The lowest BCUT2D eigenvalue weighted by atomic mass is 9.95. The number of esters is 1. The van der Waals surface area contributed by atoms with Crippen LogP contribution in [0, 0.1) is 0 Å². The summed E-state index contributed by atoms with van der Waals surface area (Å²) >= 11 is 5.35. The van der Waals surface area contributed by atoms with Gasteiger partial charge in [-0.3, -0.25) is 4.72 Å². The Morgan fingerprint density at radius 3 is 2.34 bits per heavy atom. The molecule has 0 amide bonds. The van der Waals surface area contributed by atoms with Gasteiger partial charge >= 0.3 is 5.97 Å². The van der Waals surface area contributed by atoms with Crippen LogP contribution >= 0.6 is 12.2 Å². The number of nitrogens with zero attached hydrogens (tertiary/aromatic N) is 1. The zero-order valence-electron chi connectivity index (χ0n) is 16.2. The maximum absolute atomic E-state index is 12.5. The summed E-state index contributed by atoms with van der Waals surface area (Å²) in [6, 6.07) is 14.4. The number of allylic oxidation sites excluding steroid dienone is 1. The lowest BCUT2D eigenvalue weighted by Gasteiger charge is -2.35. The minimum atomic E-state index is -3.68. The van der Waals surface area contributed by atoms with Crippen LogP contribution < -0.4 is 10.0 Å². The Bertz CT molecular complexity index is 1060. The molecule has 0 radical (unpaired) electrons. The largest absolute Gasteiger partial charge is 0.466 e. The van der Waals surface area contributed by atoms with Crippen LogP contribution in [0.15, 0.2) is 70.8 Å². The molecule has 0 aromatic heterocycles. The van der Waals surface area contributed by atoms with E-state index in [-0.39, 0.29) is 4.90 Å². The second-order valence-corrected chi connectivity index (χ2v) is 8.54. The first-order valence-electron chi connectivity index (χ1n) is 8.75. The van der Waals surface area contributed by atoms with Crippen LogP contribution in [0.5, 0.6) is 0 Å². The summed E-state index contributed by atoms with van der Waals surface area (Å²) < 4.78 is 32.4. The standard InChI is InChI=1S/C20H21N3O4S2/c1-13-17(19(24)27-3)18(21-20(28)23(13)2)14-9-11-15(12-10-14)22-29(25,26)16-7-5-4-6-8-16/h4-12,18,22H,1-3H3,(H,21,28). The van der Waals surface area contributed by atoms with Crippen molar-refractivity contribution >= 4 is 39.0 Å². The zero-order chi connectivity index (χ0) is 21.2. The molecule has 0 saturated heterocycles. The highest BCUT2D eigenvalue weighted by atomic mass is 32.2. The lowest BCUT2D eigenvalue weighted by Crippen LogP contribution is -2.46. The van der Waals surface area contributed by atoms with Crippen LogP contribution in [-0.4, -0.2) is 38.6 Å². The molecule has 29 heavy (non-hydrogen) atoms. The van der Waals surface area contributed by atoms with E-state index in [9.17, 15) is 13.2 Å². The fourth-order valence-electron chi connectivity index (χ4n) is 3.02. The molecule has 2 aromatic rings. The van der Waals surface area contributed by atoms with Crippen LogP contribution in [0.3, 0.4) is 0 Å². The van der Waals surface area contributed by atoms with E-state index in [1.165, 1.54) is 19.2 Å². The summed E-state index contributed by atoms with van der Waals surface area (Å²) in [5, 5.41) is 3.61. The van der Waals surface area contributed by atoms with Crippen molar-refractivity contribution in [3.8, 4) is 0 Å². The molecular formula is C20H21N3O4S2. The van der Waals surface area contributed by atoms with E-state index in [0.717, 1.165) is 5.56 Å². The molecule has 3 rings (SSSR count). The number of hydrogen-bond acceptors (Lipinski definition) is 5. The molecule has 0 bridgehead atoms. The number of thiocarbonyl (C=S) groups is 1. The summed E-state index contributed by atoms with van der Waals surface area (Å²) in [5.74, 6) is -0.455. The molecule has 7 nitrogen and oxygen atoms in total. The quantitative estimate of drug-likeness (QED) is 0.556. The van der Waals surface area contributed by atoms with Gasteiger partial charge < -0.3 is 15.0 Å². The molecule has 152 valence electrons. The molecule has 2 N–H and O–H groups in total. The molecule has 1 heterocycles. The molecule has 0 aliphatic carbocycles. The Hall–Kier alpha value is -2.91. The van der Waals surface area contributed by atoms with E-state index in [0.29, 0.717) is 22.1 Å². The Balaban J connectivity index is 1.89. The van der Waals surface area contributed by atoms with E-state index >= 15 is 0 Å². The molecule has 2 aromatic carbocycles. The van der Waals surface area contributed by atoms with Crippen molar-refractivity contribution in [2.45, 2.75) is 17.9 Å². The number of hydrogen-bond donors (Lipinski definition) is 2. The highest BCUT2D eigenvalue weighted by Gasteiger charge is 2.33. The van der Waals surface area contributed by atoms with E-state index < -0.39 is 22.0 Å². The van der Waals surface area contributed by atoms with E-state index in [2.05, 4.69) is 10.0 Å². The van der Waals surface area contributed by atoms with Gasteiger partial charge in [0.25, 0.3) is 10.0 Å². The number of ether oxygens (including phenoxy) is 1. The second-order valence-electron chi connectivity index (χ2n) is 6.47. The average Bonchev–Trinajstić information content (AvgIpc) is 2.72. The Kier molecular flexibility index (Phi) is 5.90. The number of nitrogens with one attached hydrogen (secondary N) is 2. The predicted molar refractivity (Wildman–Crippen MR) is 115 cm³/mol. The number of benzene rings is 2. The van der Waals surface area contributed by atoms with E-state index in [1.54, 1.807) is 61.3 Å². The summed E-state index contributed by atoms with van der Waals surface area (Å²) in [6.45, 7) is 1.80. The first-order chi connectivity index (χ1) is 13.7. The van der Waals surface area contributed by atoms with Crippen molar-refractivity contribution in [3.05, 3.63) is 71.4 Å². The van der Waals surface area contributed by atoms with Gasteiger partial charge in [0, 0.05) is 18.4 Å². The van der Waals surface area contributed by atoms with Gasteiger partial charge in [0.1, 0.15) is 0 Å².